The number of amides is 1. The maximum absolute atomic E-state index is 13.2. The van der Waals surface area contributed by atoms with Crippen LogP contribution in [0.4, 0.5) is 10.1 Å². The number of nitrogens with zero attached hydrogens (tertiary/aromatic N) is 2. The SMILES string of the molecule is CN(C(=O)Cc1ccc(-c2ccc(F)cc2)cc1)c1ccc2c(c1)CCC(CN1CCCC1)=C2. The van der Waals surface area contributed by atoms with Gasteiger partial charge >= 0.3 is 0 Å². The Kier molecular flexibility index (Phi) is 6.59. The summed E-state index contributed by atoms with van der Waals surface area (Å²) in [6.07, 6.45) is 7.49. The van der Waals surface area contributed by atoms with Crippen LogP contribution in [0.5, 0.6) is 0 Å². The number of fused-ring (bicyclic) bond motifs is 1. The van der Waals surface area contributed by atoms with Crippen molar-refractivity contribution >= 4 is 17.7 Å². The van der Waals surface area contributed by atoms with Gasteiger partial charge in [0, 0.05) is 19.3 Å². The predicted octanol–water partition coefficient (Wildman–Crippen LogP) is 6.12. The van der Waals surface area contributed by atoms with Crippen LogP contribution in [-0.4, -0.2) is 37.5 Å². The highest BCUT2D eigenvalue weighted by Crippen LogP contribution is 2.29. The molecule has 1 amide bonds. The van der Waals surface area contributed by atoms with Crippen LogP contribution in [0.2, 0.25) is 0 Å². The number of hydrogen-bond donors (Lipinski definition) is 0. The Morgan fingerprint density at radius 1 is 0.912 bits per heavy atom. The van der Waals surface area contributed by atoms with Gasteiger partial charge in [0.15, 0.2) is 0 Å². The number of aryl methyl sites for hydroxylation is 1. The van der Waals surface area contributed by atoms with Gasteiger partial charge in [0.25, 0.3) is 0 Å². The van der Waals surface area contributed by atoms with Crippen LogP contribution in [0, 0.1) is 5.82 Å². The standard InChI is InChI=1S/C30H31FN2O/c1-32(30(34)19-22-4-7-24(8-5-22)25-10-13-28(31)14-11-25)29-15-12-26-18-23(6-9-27(26)20-29)21-33-16-2-3-17-33/h4-5,7-8,10-15,18,20H,2-3,6,9,16-17,19,21H2,1H3. The molecule has 34 heavy (non-hydrogen) atoms. The van der Waals surface area contributed by atoms with E-state index in [0.29, 0.717) is 6.42 Å². The molecule has 0 atom stereocenters. The second-order valence-corrected chi connectivity index (χ2v) is 9.50. The van der Waals surface area contributed by atoms with Crippen molar-refractivity contribution in [2.75, 3.05) is 31.6 Å². The molecule has 1 saturated heterocycles. The van der Waals surface area contributed by atoms with Crippen LogP contribution in [0.3, 0.4) is 0 Å². The number of carbonyl (C=O) groups is 1. The molecular weight excluding hydrogens is 423 g/mol. The van der Waals surface area contributed by atoms with E-state index < -0.39 is 0 Å². The number of anilines is 1. The second kappa shape index (κ2) is 9.94. The minimum Gasteiger partial charge on any atom is -0.315 e. The third-order valence-electron chi connectivity index (χ3n) is 7.08. The Morgan fingerprint density at radius 2 is 1.59 bits per heavy atom. The highest BCUT2D eigenvalue weighted by atomic mass is 19.1. The molecule has 0 saturated carbocycles. The third kappa shape index (κ3) is 5.13. The van der Waals surface area contributed by atoms with Gasteiger partial charge in [-0.3, -0.25) is 9.69 Å². The van der Waals surface area contributed by atoms with Gasteiger partial charge in [0.2, 0.25) is 5.91 Å². The zero-order valence-electron chi connectivity index (χ0n) is 19.8. The van der Waals surface area contributed by atoms with Crippen LogP contribution in [0.25, 0.3) is 17.2 Å². The maximum atomic E-state index is 13.2. The Hall–Kier alpha value is -3.24. The molecule has 1 aliphatic carbocycles. The van der Waals surface area contributed by atoms with Gasteiger partial charge < -0.3 is 4.90 Å². The topological polar surface area (TPSA) is 23.6 Å². The normalized spacial score (nSPS) is 15.6. The molecule has 5 rings (SSSR count). The smallest absolute Gasteiger partial charge is 0.231 e. The monoisotopic (exact) mass is 454 g/mol. The van der Waals surface area contributed by atoms with Crippen LogP contribution < -0.4 is 4.90 Å². The number of carbonyl (C=O) groups excluding carboxylic acids is 1. The number of rotatable bonds is 6. The lowest BCUT2D eigenvalue weighted by Gasteiger charge is -2.24. The molecule has 4 heteroatoms. The van der Waals surface area contributed by atoms with Gasteiger partial charge in [0.05, 0.1) is 6.42 Å². The highest BCUT2D eigenvalue weighted by molar-refractivity contribution is 5.94. The summed E-state index contributed by atoms with van der Waals surface area (Å²) in [7, 11) is 1.86. The maximum Gasteiger partial charge on any atom is 0.231 e. The molecule has 2 aliphatic rings. The van der Waals surface area contributed by atoms with Crippen LogP contribution in [0.15, 0.2) is 72.3 Å². The van der Waals surface area contributed by atoms with Gasteiger partial charge in [-0.15, -0.1) is 0 Å². The number of benzene rings is 3. The van der Waals surface area contributed by atoms with Gasteiger partial charge in [-0.05, 0) is 90.9 Å². The summed E-state index contributed by atoms with van der Waals surface area (Å²) in [6.45, 7) is 3.55. The van der Waals surface area contributed by atoms with E-state index >= 15 is 0 Å². The summed E-state index contributed by atoms with van der Waals surface area (Å²) in [4.78, 5) is 17.3. The molecule has 0 radical (unpaired) electrons. The average molecular weight is 455 g/mol. The lowest BCUT2D eigenvalue weighted by molar-refractivity contribution is -0.117. The fraction of sp³-hybridized carbons (Fsp3) is 0.300. The van der Waals surface area contributed by atoms with Crippen molar-refractivity contribution in [1.29, 1.82) is 0 Å². The molecule has 0 N–H and O–H groups in total. The van der Waals surface area contributed by atoms with Crippen molar-refractivity contribution in [3.63, 3.8) is 0 Å². The molecule has 1 heterocycles. The van der Waals surface area contributed by atoms with Gasteiger partial charge in [-0.25, -0.2) is 4.39 Å². The highest BCUT2D eigenvalue weighted by Gasteiger charge is 2.18. The van der Waals surface area contributed by atoms with Crippen molar-refractivity contribution in [2.45, 2.75) is 32.1 Å². The number of likely N-dealkylation sites (N-methyl/N-ethyl adjacent to an activating group) is 1. The first-order valence-electron chi connectivity index (χ1n) is 12.2. The Morgan fingerprint density at radius 3 is 2.29 bits per heavy atom. The van der Waals surface area contributed by atoms with Crippen molar-refractivity contribution in [2.24, 2.45) is 0 Å². The summed E-state index contributed by atoms with van der Waals surface area (Å²) in [5.41, 5.74) is 8.03. The molecule has 3 nitrogen and oxygen atoms in total. The summed E-state index contributed by atoms with van der Waals surface area (Å²) < 4.78 is 13.2. The zero-order chi connectivity index (χ0) is 23.5. The zero-order valence-corrected chi connectivity index (χ0v) is 19.8. The van der Waals surface area contributed by atoms with Gasteiger partial charge in [-0.2, -0.15) is 0 Å². The lowest BCUT2D eigenvalue weighted by Crippen LogP contribution is -2.28. The van der Waals surface area contributed by atoms with Gasteiger partial charge in [0.1, 0.15) is 5.82 Å². The van der Waals surface area contributed by atoms with E-state index in [0.717, 1.165) is 41.8 Å². The molecule has 174 valence electrons. The quantitative estimate of drug-likeness (QED) is 0.448. The first kappa shape index (κ1) is 22.5. The van der Waals surface area contributed by atoms with Crippen molar-refractivity contribution < 1.29 is 9.18 Å². The summed E-state index contributed by atoms with van der Waals surface area (Å²) >= 11 is 0. The molecular formula is C30H31FN2O. The van der Waals surface area contributed by atoms with Crippen LogP contribution in [0.1, 0.15) is 36.0 Å². The summed E-state index contributed by atoms with van der Waals surface area (Å²) in [6, 6.07) is 20.8. The van der Waals surface area contributed by atoms with E-state index in [9.17, 15) is 9.18 Å². The fourth-order valence-corrected chi connectivity index (χ4v) is 4.99. The minimum atomic E-state index is -0.241. The lowest BCUT2D eigenvalue weighted by atomic mass is 9.91. The van der Waals surface area contributed by atoms with Crippen molar-refractivity contribution in [3.8, 4) is 11.1 Å². The summed E-state index contributed by atoms with van der Waals surface area (Å²) in [5, 5.41) is 0. The minimum absolute atomic E-state index is 0.0653. The third-order valence-corrected chi connectivity index (χ3v) is 7.08. The average Bonchev–Trinajstić information content (AvgIpc) is 3.37. The number of halogens is 1. The second-order valence-electron chi connectivity index (χ2n) is 9.50. The van der Waals surface area contributed by atoms with E-state index in [4.69, 9.17) is 0 Å². The summed E-state index contributed by atoms with van der Waals surface area (Å²) in [5.74, 6) is -0.176. The Labute approximate surface area is 201 Å². The van der Waals surface area contributed by atoms with E-state index in [1.165, 1.54) is 54.8 Å². The molecule has 3 aromatic rings. The van der Waals surface area contributed by atoms with Gasteiger partial charge in [-0.1, -0.05) is 54.1 Å². The van der Waals surface area contributed by atoms with E-state index in [1.807, 2.05) is 31.3 Å². The van der Waals surface area contributed by atoms with Crippen LogP contribution >= 0.6 is 0 Å². The Bertz CT molecular complexity index is 1190. The molecule has 1 fully saturated rings. The Balaban J connectivity index is 1.23. The first-order chi connectivity index (χ1) is 16.5. The molecule has 0 aromatic heterocycles. The number of hydrogen-bond acceptors (Lipinski definition) is 2. The van der Waals surface area contributed by atoms with Crippen LogP contribution in [-0.2, 0) is 17.6 Å². The first-order valence-corrected chi connectivity index (χ1v) is 12.2. The molecule has 0 unspecified atom stereocenters. The predicted molar refractivity (Wildman–Crippen MR) is 137 cm³/mol. The largest absolute Gasteiger partial charge is 0.315 e. The fourth-order valence-electron chi connectivity index (χ4n) is 4.99. The molecule has 0 bridgehead atoms. The van der Waals surface area contributed by atoms with E-state index in [1.54, 1.807) is 17.0 Å². The van der Waals surface area contributed by atoms with E-state index in [-0.39, 0.29) is 11.7 Å². The van der Waals surface area contributed by atoms with Crippen molar-refractivity contribution in [3.05, 3.63) is 94.8 Å². The number of likely N-dealkylation sites (tertiary alicyclic amines) is 1. The molecule has 1 aliphatic heterocycles. The molecule has 3 aromatic carbocycles. The van der Waals surface area contributed by atoms with E-state index in [2.05, 4.69) is 29.2 Å². The van der Waals surface area contributed by atoms with Crippen molar-refractivity contribution in [1.82, 2.24) is 4.90 Å². The molecule has 0 spiro atoms.